The summed E-state index contributed by atoms with van der Waals surface area (Å²) in [6.45, 7) is 6.79. The molecule has 102 valence electrons. The largest absolute Gasteiger partial charge is 0.373 e. The lowest BCUT2D eigenvalue weighted by atomic mass is 10.1. The van der Waals surface area contributed by atoms with Crippen LogP contribution in [0.4, 0.5) is 0 Å². The first-order valence-electron chi connectivity index (χ1n) is 6.41. The van der Waals surface area contributed by atoms with Gasteiger partial charge in [0.15, 0.2) is 0 Å². The average molecular weight is 278 g/mol. The number of hydrogen-bond donors (Lipinski definition) is 1. The number of H-pyrrole nitrogens is 1. The van der Waals surface area contributed by atoms with Crippen molar-refractivity contribution in [3.05, 3.63) is 21.7 Å². The number of likely N-dealkylation sites (N-methyl/N-ethyl adjacent to an activating group) is 1. The lowest BCUT2D eigenvalue weighted by Crippen LogP contribution is -2.25. The fourth-order valence-corrected chi connectivity index (χ4v) is 4.01. The summed E-state index contributed by atoms with van der Waals surface area (Å²) in [7, 11) is 2.21. The topological polar surface area (TPSA) is 53.2 Å². The molecule has 3 heterocycles. The highest BCUT2D eigenvalue weighted by Gasteiger charge is 2.21. The first-order chi connectivity index (χ1) is 9.12. The second-order valence-corrected chi connectivity index (χ2v) is 6.07. The lowest BCUT2D eigenvalue weighted by molar-refractivity contribution is -0.191. The summed E-state index contributed by atoms with van der Waals surface area (Å²) in [6, 6.07) is 0. The van der Waals surface area contributed by atoms with Crippen molar-refractivity contribution in [2.24, 2.45) is 0 Å². The van der Waals surface area contributed by atoms with Crippen LogP contribution in [0.15, 0.2) is 0 Å². The second-order valence-electron chi connectivity index (χ2n) is 4.85. The van der Waals surface area contributed by atoms with Gasteiger partial charge in [0.2, 0.25) is 0 Å². The van der Waals surface area contributed by atoms with E-state index >= 15 is 0 Å². The van der Waals surface area contributed by atoms with E-state index in [2.05, 4.69) is 30.8 Å². The Morgan fingerprint density at radius 3 is 2.74 bits per heavy atom. The van der Waals surface area contributed by atoms with E-state index < -0.39 is 0 Å². The van der Waals surface area contributed by atoms with E-state index in [1.54, 1.807) is 5.56 Å². The molecular weight excluding hydrogens is 260 g/mol. The van der Waals surface area contributed by atoms with Crippen LogP contribution in [-0.2, 0) is 29.0 Å². The number of nitrogens with zero attached hydrogens (tertiary/aromatic N) is 1. The molecule has 0 radical (unpaired) electrons. The zero-order valence-corrected chi connectivity index (χ0v) is 12.3. The van der Waals surface area contributed by atoms with Crippen molar-refractivity contribution < 1.29 is 9.59 Å². The molecule has 0 spiro atoms. The van der Waals surface area contributed by atoms with E-state index in [1.807, 2.05) is 11.3 Å². The lowest BCUT2D eigenvalue weighted by Gasteiger charge is -2.22. The van der Waals surface area contributed by atoms with Gasteiger partial charge in [0, 0.05) is 35.6 Å². The quantitative estimate of drug-likeness (QED) is 0.872. The average Bonchev–Trinajstić information content (AvgIpc) is 2.85. The highest BCUT2D eigenvalue weighted by atomic mass is 32.1. The molecule has 1 aliphatic rings. The normalized spacial score (nSPS) is 14.7. The molecule has 0 fully saturated rings. The molecule has 0 saturated heterocycles. The third-order valence-electron chi connectivity index (χ3n) is 3.65. The summed E-state index contributed by atoms with van der Waals surface area (Å²) in [4.78, 5) is 23.8. The Bertz CT molecular complexity index is 621. The summed E-state index contributed by atoms with van der Waals surface area (Å²) in [5.74, 6) is 0. The van der Waals surface area contributed by atoms with Gasteiger partial charge in [-0.2, -0.15) is 9.59 Å². The van der Waals surface area contributed by atoms with Gasteiger partial charge in [0.05, 0.1) is 10.2 Å². The molecule has 2 aromatic rings. The molecule has 1 N–H and O–H groups in total. The fraction of sp³-hybridized carbons (Fsp3) is 0.500. The highest BCUT2D eigenvalue weighted by Crippen LogP contribution is 2.37. The van der Waals surface area contributed by atoms with Crippen molar-refractivity contribution in [1.82, 2.24) is 9.88 Å². The minimum atomic E-state index is 0.250. The number of thiophene rings is 1. The molecule has 0 aliphatic carbocycles. The van der Waals surface area contributed by atoms with Crippen molar-refractivity contribution in [1.29, 1.82) is 0 Å². The molecule has 3 rings (SSSR count). The van der Waals surface area contributed by atoms with Crippen LogP contribution in [-0.4, -0.2) is 29.6 Å². The van der Waals surface area contributed by atoms with Gasteiger partial charge in [0.1, 0.15) is 0 Å². The van der Waals surface area contributed by atoms with Crippen LogP contribution in [0.2, 0.25) is 0 Å². The van der Waals surface area contributed by atoms with Crippen molar-refractivity contribution in [2.45, 2.75) is 33.2 Å². The first-order valence-corrected chi connectivity index (χ1v) is 7.23. The number of nitrogens with one attached hydrogen (secondary N) is 1. The van der Waals surface area contributed by atoms with E-state index in [-0.39, 0.29) is 6.15 Å². The van der Waals surface area contributed by atoms with Gasteiger partial charge in [-0.15, -0.1) is 11.3 Å². The van der Waals surface area contributed by atoms with Gasteiger partial charge in [-0.05, 0) is 26.0 Å². The summed E-state index contributed by atoms with van der Waals surface area (Å²) >= 11 is 1.97. The van der Waals surface area contributed by atoms with Gasteiger partial charge in [-0.3, -0.25) is 0 Å². The predicted octanol–water partition coefficient (Wildman–Crippen LogP) is 2.50. The molecule has 1 aliphatic heterocycles. The maximum Gasteiger partial charge on any atom is 0.373 e. The highest BCUT2D eigenvalue weighted by molar-refractivity contribution is 7.19. The van der Waals surface area contributed by atoms with Crippen molar-refractivity contribution >= 4 is 27.7 Å². The Kier molecular flexibility index (Phi) is 4.20. The summed E-state index contributed by atoms with van der Waals surface area (Å²) in [5.41, 5.74) is 5.98. The number of aryl methyl sites for hydroxylation is 2. The SMILES string of the molecule is CCc1c(C)sc2c3c([nH]c12)CCN(C)C3.O=C=O. The fourth-order valence-electron chi connectivity index (χ4n) is 2.74. The van der Waals surface area contributed by atoms with E-state index in [0.717, 1.165) is 13.0 Å². The van der Waals surface area contributed by atoms with E-state index in [9.17, 15) is 0 Å². The number of aromatic amines is 1. The van der Waals surface area contributed by atoms with Crippen molar-refractivity contribution in [3.8, 4) is 0 Å². The van der Waals surface area contributed by atoms with Gasteiger partial charge in [-0.25, -0.2) is 0 Å². The van der Waals surface area contributed by atoms with Crippen molar-refractivity contribution in [2.75, 3.05) is 13.6 Å². The standard InChI is InChI=1S/C13H18N2S.CO2/c1-4-9-8(2)16-13-10-7-15(3)6-5-11(10)14-12(9)13;2-1-3/h14H,4-7H2,1-3H3;. The number of fused-ring (bicyclic) bond motifs is 3. The molecule has 5 heteroatoms. The number of aromatic nitrogens is 1. The molecule has 0 amide bonds. The third kappa shape index (κ3) is 2.50. The zero-order chi connectivity index (χ0) is 14.0. The minimum Gasteiger partial charge on any atom is -0.357 e. The van der Waals surface area contributed by atoms with Crippen molar-refractivity contribution in [3.63, 3.8) is 0 Å². The molecule has 4 nitrogen and oxygen atoms in total. The monoisotopic (exact) mass is 278 g/mol. The van der Waals surface area contributed by atoms with Crippen LogP contribution in [0.3, 0.4) is 0 Å². The Hall–Kier alpha value is -1.42. The van der Waals surface area contributed by atoms with E-state index in [1.165, 1.54) is 39.3 Å². The van der Waals surface area contributed by atoms with Crippen LogP contribution in [0.5, 0.6) is 0 Å². The van der Waals surface area contributed by atoms with Gasteiger partial charge < -0.3 is 9.88 Å². The maximum absolute atomic E-state index is 8.12. The molecule has 0 unspecified atom stereocenters. The number of rotatable bonds is 1. The van der Waals surface area contributed by atoms with Gasteiger partial charge in [0.25, 0.3) is 0 Å². The van der Waals surface area contributed by atoms with Gasteiger partial charge in [-0.1, -0.05) is 6.92 Å². The zero-order valence-electron chi connectivity index (χ0n) is 11.5. The van der Waals surface area contributed by atoms with Gasteiger partial charge >= 0.3 is 6.15 Å². The summed E-state index contributed by atoms with van der Waals surface area (Å²) in [6.07, 6.45) is 2.57. The summed E-state index contributed by atoms with van der Waals surface area (Å²) < 4.78 is 1.51. The van der Waals surface area contributed by atoms with Crippen LogP contribution in [0.1, 0.15) is 28.6 Å². The molecular formula is C14H18N2O2S. The molecule has 0 saturated carbocycles. The second kappa shape index (κ2) is 5.70. The molecule has 19 heavy (non-hydrogen) atoms. The Morgan fingerprint density at radius 2 is 2.11 bits per heavy atom. The first kappa shape index (κ1) is 14.0. The maximum atomic E-state index is 8.12. The molecule has 0 aromatic carbocycles. The molecule has 0 bridgehead atoms. The van der Waals surface area contributed by atoms with E-state index in [0.29, 0.717) is 0 Å². The predicted molar refractivity (Wildman–Crippen MR) is 75.3 cm³/mol. The third-order valence-corrected chi connectivity index (χ3v) is 4.86. The Labute approximate surface area is 116 Å². The minimum absolute atomic E-state index is 0.250. The Balaban J connectivity index is 0.000000408. The van der Waals surface area contributed by atoms with Crippen LogP contribution < -0.4 is 0 Å². The van der Waals surface area contributed by atoms with E-state index in [4.69, 9.17) is 9.59 Å². The van der Waals surface area contributed by atoms with Crippen LogP contribution in [0.25, 0.3) is 10.2 Å². The molecule has 2 aromatic heterocycles. The summed E-state index contributed by atoms with van der Waals surface area (Å²) in [5, 5.41) is 0. The number of hydrogen-bond acceptors (Lipinski definition) is 4. The Morgan fingerprint density at radius 1 is 1.42 bits per heavy atom. The van der Waals surface area contributed by atoms with Crippen LogP contribution in [0, 0.1) is 6.92 Å². The molecule has 0 atom stereocenters. The van der Waals surface area contributed by atoms with Crippen LogP contribution >= 0.6 is 11.3 Å². The smallest absolute Gasteiger partial charge is 0.357 e. The number of carbonyl (C=O) groups excluding carboxylic acids is 2.